The average molecular weight is 508 g/mol. The summed E-state index contributed by atoms with van der Waals surface area (Å²) >= 11 is 0. The maximum atomic E-state index is 13.2. The van der Waals surface area contributed by atoms with Gasteiger partial charge in [0.1, 0.15) is 17.5 Å². The maximum absolute atomic E-state index is 13.2. The molecular weight excluding hydrogens is 470 g/mol. The molecular formula is C27H37N7O3. The van der Waals surface area contributed by atoms with Gasteiger partial charge in [0, 0.05) is 19.1 Å². The van der Waals surface area contributed by atoms with Gasteiger partial charge in [-0.25, -0.2) is 4.98 Å². The number of rotatable bonds is 6. The maximum Gasteiger partial charge on any atom is 0.253 e. The molecule has 0 bridgehead atoms. The quantitative estimate of drug-likeness (QED) is 0.511. The van der Waals surface area contributed by atoms with Gasteiger partial charge in [0.05, 0.1) is 17.4 Å². The van der Waals surface area contributed by atoms with Crippen molar-refractivity contribution in [1.29, 1.82) is 0 Å². The number of aromatic nitrogens is 2. The summed E-state index contributed by atoms with van der Waals surface area (Å²) < 4.78 is 0. The largest absolute Gasteiger partial charge is 0.506 e. The van der Waals surface area contributed by atoms with Crippen LogP contribution in [0, 0.1) is 0 Å². The molecule has 2 aliphatic heterocycles. The van der Waals surface area contributed by atoms with Crippen LogP contribution in [-0.4, -0.2) is 77.1 Å². The Morgan fingerprint density at radius 1 is 1.14 bits per heavy atom. The van der Waals surface area contributed by atoms with Crippen molar-refractivity contribution in [3.05, 3.63) is 30.0 Å². The lowest BCUT2D eigenvalue weighted by atomic mass is 10.0. The molecule has 0 radical (unpaired) electrons. The van der Waals surface area contributed by atoms with Crippen LogP contribution in [0.4, 0.5) is 23.1 Å². The number of piperidine rings is 1. The van der Waals surface area contributed by atoms with Crippen molar-refractivity contribution in [1.82, 2.24) is 20.2 Å². The zero-order valence-electron chi connectivity index (χ0n) is 21.9. The molecule has 10 heteroatoms. The fourth-order valence-corrected chi connectivity index (χ4v) is 5.83. The molecule has 1 aliphatic carbocycles. The molecule has 3 heterocycles. The summed E-state index contributed by atoms with van der Waals surface area (Å²) in [7, 11) is 3.85. The number of fused-ring (bicyclic) bond motifs is 1. The summed E-state index contributed by atoms with van der Waals surface area (Å²) in [5.41, 5.74) is 1.28. The number of hydrogen-bond acceptors (Lipinski definition) is 8. The second-order valence-electron chi connectivity index (χ2n) is 10.4. The van der Waals surface area contributed by atoms with Gasteiger partial charge in [0.25, 0.3) is 5.91 Å². The zero-order chi connectivity index (χ0) is 26.1. The lowest BCUT2D eigenvalue weighted by Crippen LogP contribution is -2.55. The lowest BCUT2D eigenvalue weighted by molar-refractivity contribution is -0.120. The number of anilines is 4. The molecule has 3 N–H and O–H groups in total. The van der Waals surface area contributed by atoms with Crippen LogP contribution in [0.5, 0.6) is 5.75 Å². The molecule has 1 aromatic carbocycles. The summed E-state index contributed by atoms with van der Waals surface area (Å²) in [6.45, 7) is 3.90. The van der Waals surface area contributed by atoms with Crippen molar-refractivity contribution in [2.45, 2.75) is 70.0 Å². The zero-order valence-corrected chi connectivity index (χ0v) is 21.9. The van der Waals surface area contributed by atoms with E-state index in [4.69, 9.17) is 4.98 Å². The number of nitrogens with one attached hydrogen (secondary N) is 2. The van der Waals surface area contributed by atoms with Gasteiger partial charge in [-0.3, -0.25) is 9.59 Å². The number of likely N-dealkylation sites (N-methyl/N-ethyl adjacent to an activating group) is 1. The number of aromatic hydroxyl groups is 1. The number of amides is 2. The number of carbonyl (C=O) groups is 2. The smallest absolute Gasteiger partial charge is 0.253 e. The minimum atomic E-state index is -0.274. The van der Waals surface area contributed by atoms with Crippen LogP contribution in [0.3, 0.4) is 0 Å². The van der Waals surface area contributed by atoms with Gasteiger partial charge in [-0.2, -0.15) is 4.98 Å². The highest BCUT2D eigenvalue weighted by atomic mass is 16.3. The van der Waals surface area contributed by atoms with Crippen LogP contribution >= 0.6 is 0 Å². The van der Waals surface area contributed by atoms with Gasteiger partial charge >= 0.3 is 0 Å². The van der Waals surface area contributed by atoms with Crippen molar-refractivity contribution >= 4 is 35.0 Å². The fourth-order valence-electron chi connectivity index (χ4n) is 5.83. The normalized spacial score (nSPS) is 21.3. The van der Waals surface area contributed by atoms with Crippen molar-refractivity contribution in [2.75, 3.05) is 42.3 Å². The minimum absolute atomic E-state index is 0.0521. The Labute approximate surface area is 218 Å². The predicted molar refractivity (Wildman–Crippen MR) is 144 cm³/mol. The molecule has 1 atom stereocenters. The van der Waals surface area contributed by atoms with E-state index in [0.29, 0.717) is 23.5 Å². The van der Waals surface area contributed by atoms with Gasteiger partial charge in [-0.1, -0.05) is 25.8 Å². The van der Waals surface area contributed by atoms with E-state index in [9.17, 15) is 14.7 Å². The molecule has 1 aromatic heterocycles. The number of nitrogens with zero attached hydrogens (tertiary/aromatic N) is 5. The third-order valence-corrected chi connectivity index (χ3v) is 7.99. The number of carbonyl (C=O) groups excluding carboxylic acids is 2. The van der Waals surface area contributed by atoms with Crippen LogP contribution < -0.4 is 20.4 Å². The Kier molecular flexibility index (Phi) is 7.19. The first-order valence-corrected chi connectivity index (χ1v) is 13.4. The molecule has 0 unspecified atom stereocenters. The third kappa shape index (κ3) is 4.94. The highest BCUT2D eigenvalue weighted by molar-refractivity contribution is 6.05. The lowest BCUT2D eigenvalue weighted by Gasteiger charge is -2.43. The summed E-state index contributed by atoms with van der Waals surface area (Å²) in [5, 5.41) is 16.9. The van der Waals surface area contributed by atoms with Gasteiger partial charge in [-0.15, -0.1) is 0 Å². The van der Waals surface area contributed by atoms with Gasteiger partial charge in [-0.05, 0) is 64.4 Å². The van der Waals surface area contributed by atoms with Gasteiger partial charge in [0.2, 0.25) is 11.9 Å². The molecule has 10 nitrogen and oxygen atoms in total. The van der Waals surface area contributed by atoms with Crippen LogP contribution in [0.2, 0.25) is 0 Å². The molecule has 2 amide bonds. The van der Waals surface area contributed by atoms with Crippen LogP contribution in [0.15, 0.2) is 24.4 Å². The summed E-state index contributed by atoms with van der Waals surface area (Å²) in [4.78, 5) is 41.7. The first-order chi connectivity index (χ1) is 17.9. The van der Waals surface area contributed by atoms with Crippen LogP contribution in [0.1, 0.15) is 62.2 Å². The standard InChI is InChI=1S/C27H37N7O3/c1-4-20-26(37)33(3)21-16-28-27(31-24(21)34(20)18-8-5-6-9-18)30-23-19(10-7-11-22(23)35)25(36)29-17-12-14-32(2)15-13-17/h7,10-11,16-18,20,35H,4-6,8-9,12-15H2,1-3H3,(H,29,36)(H,28,30,31)/t20-/m1/s1. The number of phenolic OH excluding ortho intramolecular Hbond substituents is 1. The van der Waals surface area contributed by atoms with Crippen molar-refractivity contribution in [2.24, 2.45) is 0 Å². The summed E-state index contributed by atoms with van der Waals surface area (Å²) in [5.74, 6) is 0.749. The molecule has 0 spiro atoms. The second kappa shape index (κ2) is 10.5. The highest BCUT2D eigenvalue weighted by Gasteiger charge is 2.41. The average Bonchev–Trinajstić information content (AvgIpc) is 3.43. The predicted octanol–water partition coefficient (Wildman–Crippen LogP) is 3.25. The molecule has 3 aliphatic rings. The molecule has 198 valence electrons. The van der Waals surface area contributed by atoms with E-state index in [1.807, 2.05) is 6.92 Å². The van der Waals surface area contributed by atoms with Crippen molar-refractivity contribution < 1.29 is 14.7 Å². The van der Waals surface area contributed by atoms with Gasteiger partial charge in [0.15, 0.2) is 5.82 Å². The number of likely N-dealkylation sites (tertiary alicyclic amines) is 1. The van der Waals surface area contributed by atoms with E-state index in [1.165, 1.54) is 6.07 Å². The highest BCUT2D eigenvalue weighted by Crippen LogP contribution is 2.40. The van der Waals surface area contributed by atoms with E-state index >= 15 is 0 Å². The molecule has 2 fully saturated rings. The fraction of sp³-hybridized carbons (Fsp3) is 0.556. The Balaban J connectivity index is 1.44. The Morgan fingerprint density at radius 3 is 2.57 bits per heavy atom. The minimum Gasteiger partial charge on any atom is -0.506 e. The third-order valence-electron chi connectivity index (χ3n) is 7.99. The van der Waals surface area contributed by atoms with Crippen molar-refractivity contribution in [3.8, 4) is 5.75 Å². The number of phenols is 1. The summed E-state index contributed by atoms with van der Waals surface area (Å²) in [6.07, 6.45) is 8.45. The van der Waals surface area contributed by atoms with E-state index in [-0.39, 0.29) is 47.3 Å². The topological polar surface area (TPSA) is 114 Å². The van der Waals surface area contributed by atoms with E-state index in [2.05, 4.69) is 32.5 Å². The molecule has 5 rings (SSSR count). The number of para-hydroxylation sites is 1. The molecule has 1 saturated heterocycles. The molecule has 1 saturated carbocycles. The molecule has 37 heavy (non-hydrogen) atoms. The molecule has 2 aromatic rings. The van der Waals surface area contributed by atoms with E-state index in [1.54, 1.807) is 30.3 Å². The van der Waals surface area contributed by atoms with E-state index < -0.39 is 0 Å². The van der Waals surface area contributed by atoms with Crippen molar-refractivity contribution in [3.63, 3.8) is 0 Å². The first-order valence-electron chi connectivity index (χ1n) is 13.4. The second-order valence-corrected chi connectivity index (χ2v) is 10.4. The monoisotopic (exact) mass is 507 g/mol. The Morgan fingerprint density at radius 2 is 1.86 bits per heavy atom. The van der Waals surface area contributed by atoms with Crippen LogP contribution in [0.25, 0.3) is 0 Å². The summed E-state index contributed by atoms with van der Waals surface area (Å²) in [6, 6.07) is 4.96. The Bertz CT molecular complexity index is 1160. The number of hydrogen-bond donors (Lipinski definition) is 3. The van der Waals surface area contributed by atoms with Crippen LogP contribution in [-0.2, 0) is 4.79 Å². The Hall–Kier alpha value is -3.40. The van der Waals surface area contributed by atoms with E-state index in [0.717, 1.165) is 51.6 Å². The SMILES string of the molecule is CC[C@@H]1C(=O)N(C)c2cnc(Nc3c(O)cccc3C(=O)NC3CCN(C)CC3)nc2N1C1CCCC1. The number of benzene rings is 1. The van der Waals surface area contributed by atoms with Gasteiger partial charge < -0.3 is 30.4 Å². The first kappa shape index (κ1) is 25.3.